The first-order valence-electron chi connectivity index (χ1n) is 11.5. The number of rotatable bonds is 9. The fourth-order valence-electron chi connectivity index (χ4n) is 4.18. The number of ketones is 1. The van der Waals surface area contributed by atoms with E-state index in [1.807, 2.05) is 39.1 Å². The van der Waals surface area contributed by atoms with Crippen molar-refractivity contribution < 1.29 is 19.4 Å². The topological polar surface area (TPSA) is 70.1 Å². The lowest BCUT2D eigenvalue weighted by atomic mass is 9.97. The zero-order chi connectivity index (χ0) is 24.3. The third-order valence-corrected chi connectivity index (χ3v) is 7.12. The molecule has 6 nitrogen and oxygen atoms in total. The SMILES string of the molecule is CCN(CC)CCN1C(=O)C(=O)/C(=C(\O)c2ccc(OC(C)C)c(C)c2)C1c1sccc1C. The molecule has 0 aliphatic carbocycles. The molecule has 3 rings (SSSR count). The summed E-state index contributed by atoms with van der Waals surface area (Å²) in [6.45, 7) is 14.8. The number of carbonyl (C=O) groups excluding carboxylic acids is 2. The second-order valence-electron chi connectivity index (χ2n) is 8.63. The summed E-state index contributed by atoms with van der Waals surface area (Å²) < 4.78 is 5.80. The maximum atomic E-state index is 13.2. The molecule has 2 aromatic rings. The minimum Gasteiger partial charge on any atom is -0.507 e. The van der Waals surface area contributed by atoms with Gasteiger partial charge in [0.25, 0.3) is 11.7 Å². The molecule has 1 aliphatic rings. The van der Waals surface area contributed by atoms with E-state index in [9.17, 15) is 14.7 Å². The largest absolute Gasteiger partial charge is 0.507 e. The number of hydrogen-bond donors (Lipinski definition) is 1. The Labute approximate surface area is 200 Å². The number of amides is 1. The smallest absolute Gasteiger partial charge is 0.295 e. The van der Waals surface area contributed by atoms with Gasteiger partial charge in [-0.3, -0.25) is 9.59 Å². The van der Waals surface area contributed by atoms with Crippen LogP contribution in [0.3, 0.4) is 0 Å². The Balaban J connectivity index is 2.07. The van der Waals surface area contributed by atoms with E-state index in [1.165, 1.54) is 11.3 Å². The lowest BCUT2D eigenvalue weighted by Crippen LogP contribution is -2.37. The van der Waals surface area contributed by atoms with Gasteiger partial charge in [0.1, 0.15) is 11.5 Å². The summed E-state index contributed by atoms with van der Waals surface area (Å²) in [7, 11) is 0. The molecule has 0 saturated carbocycles. The fraction of sp³-hybridized carbons (Fsp3) is 0.462. The maximum Gasteiger partial charge on any atom is 0.295 e. The Kier molecular flexibility index (Phi) is 7.97. The van der Waals surface area contributed by atoms with Crippen molar-refractivity contribution in [1.29, 1.82) is 0 Å². The number of Topliss-reactive ketones (excluding diaryl/α,β-unsaturated/α-hetero) is 1. The Morgan fingerprint density at radius 2 is 1.85 bits per heavy atom. The average Bonchev–Trinajstić information content (AvgIpc) is 3.30. The molecule has 1 unspecified atom stereocenters. The van der Waals surface area contributed by atoms with Crippen LogP contribution in [0.4, 0.5) is 0 Å². The van der Waals surface area contributed by atoms with E-state index in [2.05, 4.69) is 18.7 Å². The van der Waals surface area contributed by atoms with Gasteiger partial charge in [0, 0.05) is 23.5 Å². The van der Waals surface area contributed by atoms with Crippen molar-refractivity contribution >= 4 is 28.8 Å². The van der Waals surface area contributed by atoms with Gasteiger partial charge in [-0.05, 0) is 81.6 Å². The summed E-state index contributed by atoms with van der Waals surface area (Å²) in [4.78, 5) is 31.0. The summed E-state index contributed by atoms with van der Waals surface area (Å²) in [5.41, 5.74) is 2.52. The van der Waals surface area contributed by atoms with Gasteiger partial charge in [0.15, 0.2) is 0 Å². The summed E-state index contributed by atoms with van der Waals surface area (Å²) in [6.07, 6.45) is 0.0288. The number of benzene rings is 1. The van der Waals surface area contributed by atoms with Gasteiger partial charge >= 0.3 is 0 Å². The molecule has 1 aromatic carbocycles. The predicted molar refractivity (Wildman–Crippen MR) is 133 cm³/mol. The van der Waals surface area contributed by atoms with Crippen molar-refractivity contribution in [1.82, 2.24) is 9.80 Å². The van der Waals surface area contributed by atoms with E-state index in [-0.39, 0.29) is 17.4 Å². The van der Waals surface area contributed by atoms with Crippen molar-refractivity contribution in [2.45, 2.75) is 53.7 Å². The molecule has 0 bridgehead atoms. The van der Waals surface area contributed by atoms with Crippen LogP contribution < -0.4 is 4.74 Å². The summed E-state index contributed by atoms with van der Waals surface area (Å²) >= 11 is 1.50. The molecule has 1 amide bonds. The van der Waals surface area contributed by atoms with Gasteiger partial charge in [-0.1, -0.05) is 13.8 Å². The third kappa shape index (κ3) is 5.14. The summed E-state index contributed by atoms with van der Waals surface area (Å²) in [5.74, 6) is -0.606. The van der Waals surface area contributed by atoms with Crippen LogP contribution in [0.15, 0.2) is 35.2 Å². The Hall–Kier alpha value is -2.64. The second-order valence-corrected chi connectivity index (χ2v) is 9.58. The number of aliphatic hydroxyl groups excluding tert-OH is 1. The summed E-state index contributed by atoms with van der Waals surface area (Å²) in [6, 6.07) is 6.72. The monoisotopic (exact) mass is 470 g/mol. The van der Waals surface area contributed by atoms with Crippen LogP contribution in [0.25, 0.3) is 5.76 Å². The molecule has 33 heavy (non-hydrogen) atoms. The molecule has 1 saturated heterocycles. The van der Waals surface area contributed by atoms with Gasteiger partial charge < -0.3 is 19.6 Å². The first kappa shape index (κ1) is 25.0. The minimum atomic E-state index is -0.634. The molecule has 0 spiro atoms. The van der Waals surface area contributed by atoms with Crippen LogP contribution >= 0.6 is 11.3 Å². The normalized spacial score (nSPS) is 18.1. The molecule has 1 fully saturated rings. The van der Waals surface area contributed by atoms with E-state index in [4.69, 9.17) is 4.74 Å². The summed E-state index contributed by atoms with van der Waals surface area (Å²) in [5, 5.41) is 13.2. The number of likely N-dealkylation sites (tertiary alicyclic amines) is 1. The lowest BCUT2D eigenvalue weighted by Gasteiger charge is -2.27. The van der Waals surface area contributed by atoms with Gasteiger partial charge in [-0.25, -0.2) is 0 Å². The number of ether oxygens (including phenoxy) is 1. The zero-order valence-corrected chi connectivity index (χ0v) is 21.2. The Bertz CT molecular complexity index is 1050. The number of aliphatic hydroxyl groups is 1. The molecule has 0 radical (unpaired) electrons. The van der Waals surface area contributed by atoms with E-state index >= 15 is 0 Å². The molecule has 1 atom stereocenters. The highest BCUT2D eigenvalue weighted by atomic mass is 32.1. The minimum absolute atomic E-state index is 0.0288. The number of nitrogens with zero attached hydrogens (tertiary/aromatic N) is 2. The number of aryl methyl sites for hydroxylation is 2. The number of thiophene rings is 1. The first-order chi connectivity index (χ1) is 15.7. The quantitative estimate of drug-likeness (QED) is 0.320. The van der Waals surface area contributed by atoms with Crippen molar-refractivity contribution in [3.8, 4) is 5.75 Å². The van der Waals surface area contributed by atoms with Gasteiger partial charge in [-0.2, -0.15) is 0 Å². The second kappa shape index (κ2) is 10.5. The molecule has 2 heterocycles. The van der Waals surface area contributed by atoms with Crippen molar-refractivity contribution in [3.63, 3.8) is 0 Å². The molecular formula is C26H34N2O4S. The molecule has 178 valence electrons. The molecule has 1 N–H and O–H groups in total. The lowest BCUT2D eigenvalue weighted by molar-refractivity contribution is -0.140. The van der Waals surface area contributed by atoms with Crippen LogP contribution in [0.2, 0.25) is 0 Å². The average molecular weight is 471 g/mol. The van der Waals surface area contributed by atoms with Crippen LogP contribution in [0.5, 0.6) is 5.75 Å². The van der Waals surface area contributed by atoms with E-state index in [1.54, 1.807) is 23.1 Å². The van der Waals surface area contributed by atoms with Crippen molar-refractivity contribution in [2.75, 3.05) is 26.2 Å². The highest BCUT2D eigenvalue weighted by Crippen LogP contribution is 2.42. The molecule has 7 heteroatoms. The van der Waals surface area contributed by atoms with Crippen molar-refractivity contribution in [2.24, 2.45) is 0 Å². The molecular weight excluding hydrogens is 436 g/mol. The van der Waals surface area contributed by atoms with Crippen LogP contribution in [0.1, 0.15) is 55.3 Å². The Morgan fingerprint density at radius 1 is 1.15 bits per heavy atom. The van der Waals surface area contributed by atoms with Gasteiger partial charge in [0.2, 0.25) is 0 Å². The van der Waals surface area contributed by atoms with Crippen LogP contribution in [-0.2, 0) is 9.59 Å². The van der Waals surface area contributed by atoms with Crippen LogP contribution in [0, 0.1) is 13.8 Å². The van der Waals surface area contributed by atoms with E-state index in [0.717, 1.165) is 34.8 Å². The fourth-order valence-corrected chi connectivity index (χ4v) is 5.22. The number of likely N-dealkylation sites (N-methyl/N-ethyl adjacent to an activating group) is 1. The third-order valence-electron chi connectivity index (χ3n) is 6.05. The van der Waals surface area contributed by atoms with E-state index in [0.29, 0.717) is 18.7 Å². The maximum absolute atomic E-state index is 13.2. The molecule has 1 aliphatic heterocycles. The number of carbonyl (C=O) groups is 2. The highest BCUT2D eigenvalue weighted by molar-refractivity contribution is 7.10. The highest BCUT2D eigenvalue weighted by Gasteiger charge is 2.46. The van der Waals surface area contributed by atoms with Gasteiger partial charge in [0.05, 0.1) is 17.7 Å². The van der Waals surface area contributed by atoms with Gasteiger partial charge in [-0.15, -0.1) is 11.3 Å². The standard InChI is InChI=1S/C26H34N2O4S/c1-7-27(8-2)12-13-28-22(25-17(5)11-14-33-25)21(24(30)26(28)31)23(29)19-9-10-20(18(6)15-19)32-16(3)4/h9-11,14-16,22,29H,7-8,12-13H2,1-6H3/b23-21-. The van der Waals surface area contributed by atoms with E-state index < -0.39 is 17.7 Å². The predicted octanol–water partition coefficient (Wildman–Crippen LogP) is 4.92. The zero-order valence-electron chi connectivity index (χ0n) is 20.3. The Morgan fingerprint density at radius 3 is 2.39 bits per heavy atom. The number of hydrogen-bond acceptors (Lipinski definition) is 6. The van der Waals surface area contributed by atoms with Crippen LogP contribution in [-0.4, -0.2) is 58.9 Å². The first-order valence-corrected chi connectivity index (χ1v) is 12.4. The molecule has 1 aromatic heterocycles. The van der Waals surface area contributed by atoms with Crippen molar-refractivity contribution in [3.05, 3.63) is 56.8 Å².